The van der Waals surface area contributed by atoms with Gasteiger partial charge >= 0.3 is 0 Å². The Kier molecular flexibility index (Phi) is 3.77. The van der Waals surface area contributed by atoms with Crippen LogP contribution in [0.3, 0.4) is 0 Å². The van der Waals surface area contributed by atoms with E-state index in [0.29, 0.717) is 0 Å². The summed E-state index contributed by atoms with van der Waals surface area (Å²) in [5, 5.41) is 8.31. The Morgan fingerprint density at radius 2 is 1.84 bits per heavy atom. The number of hydrogen-bond acceptors (Lipinski definition) is 6. The van der Waals surface area contributed by atoms with E-state index in [9.17, 15) is 0 Å². The molecule has 2 saturated heterocycles. The zero-order chi connectivity index (χ0) is 13.1. The van der Waals surface area contributed by atoms with Crippen LogP contribution in [0.1, 0.15) is 19.8 Å². The lowest BCUT2D eigenvalue weighted by Gasteiger charge is -2.31. The summed E-state index contributed by atoms with van der Waals surface area (Å²) in [4.78, 5) is 9.13. The van der Waals surface area contributed by atoms with E-state index >= 15 is 0 Å². The van der Waals surface area contributed by atoms with Crippen molar-refractivity contribution in [3.05, 3.63) is 6.20 Å². The average molecular weight is 263 g/mol. The van der Waals surface area contributed by atoms with Crippen LogP contribution in [-0.2, 0) is 4.74 Å². The Hall–Kier alpha value is -1.43. The number of anilines is 2. The smallest absolute Gasteiger partial charge is 0.247 e. The summed E-state index contributed by atoms with van der Waals surface area (Å²) in [6, 6.07) is 0. The summed E-state index contributed by atoms with van der Waals surface area (Å²) in [6.45, 7) is 7.68. The molecule has 0 saturated carbocycles. The molecule has 6 heteroatoms. The van der Waals surface area contributed by atoms with Crippen LogP contribution in [0.2, 0.25) is 0 Å². The molecule has 6 nitrogen and oxygen atoms in total. The second kappa shape index (κ2) is 5.69. The molecular weight excluding hydrogens is 242 g/mol. The molecule has 0 bridgehead atoms. The summed E-state index contributed by atoms with van der Waals surface area (Å²) in [7, 11) is 0. The minimum absolute atomic E-state index is 0.764. The van der Waals surface area contributed by atoms with Crippen LogP contribution in [0, 0.1) is 5.92 Å². The largest absolute Gasteiger partial charge is 0.378 e. The van der Waals surface area contributed by atoms with E-state index in [1.807, 2.05) is 0 Å². The Labute approximate surface area is 113 Å². The number of aromatic nitrogens is 3. The van der Waals surface area contributed by atoms with Crippen molar-refractivity contribution in [2.75, 3.05) is 49.2 Å². The molecule has 2 aliphatic rings. The van der Waals surface area contributed by atoms with Crippen molar-refractivity contribution >= 4 is 11.8 Å². The van der Waals surface area contributed by atoms with Crippen LogP contribution >= 0.6 is 0 Å². The van der Waals surface area contributed by atoms with Crippen LogP contribution < -0.4 is 9.80 Å². The molecule has 0 atom stereocenters. The molecule has 1 aromatic heterocycles. The van der Waals surface area contributed by atoms with Crippen molar-refractivity contribution in [3.8, 4) is 0 Å². The van der Waals surface area contributed by atoms with Gasteiger partial charge in [0, 0.05) is 26.2 Å². The third kappa shape index (κ3) is 2.94. The number of nitrogens with zero attached hydrogens (tertiary/aromatic N) is 5. The standard InChI is InChI=1S/C13H21N5O/c1-11-2-4-18(5-3-11)13-15-12(10-14-16-13)17-6-8-19-9-7-17/h10-11H,2-9H2,1H3. The van der Waals surface area contributed by atoms with Crippen LogP contribution in [0.4, 0.5) is 11.8 Å². The van der Waals surface area contributed by atoms with Crippen LogP contribution in [0.25, 0.3) is 0 Å². The van der Waals surface area contributed by atoms with E-state index in [1.54, 1.807) is 6.20 Å². The van der Waals surface area contributed by atoms with Crippen molar-refractivity contribution in [2.45, 2.75) is 19.8 Å². The number of piperidine rings is 1. The Balaban J connectivity index is 1.72. The topological polar surface area (TPSA) is 54.4 Å². The molecule has 19 heavy (non-hydrogen) atoms. The van der Waals surface area contributed by atoms with Crippen molar-refractivity contribution in [2.24, 2.45) is 5.92 Å². The summed E-state index contributed by atoms with van der Waals surface area (Å²) in [5.41, 5.74) is 0. The third-order valence-corrected chi connectivity index (χ3v) is 3.94. The van der Waals surface area contributed by atoms with Gasteiger partial charge in [-0.2, -0.15) is 10.1 Å². The van der Waals surface area contributed by atoms with E-state index in [-0.39, 0.29) is 0 Å². The molecule has 0 spiro atoms. The highest BCUT2D eigenvalue weighted by atomic mass is 16.5. The molecule has 1 aromatic rings. The fraction of sp³-hybridized carbons (Fsp3) is 0.769. The molecule has 2 fully saturated rings. The number of hydrogen-bond donors (Lipinski definition) is 0. The fourth-order valence-corrected chi connectivity index (χ4v) is 2.57. The summed E-state index contributed by atoms with van der Waals surface area (Å²) >= 11 is 0. The minimum Gasteiger partial charge on any atom is -0.378 e. The van der Waals surface area contributed by atoms with Crippen LogP contribution in [0.15, 0.2) is 6.20 Å². The Bertz CT molecular complexity index is 413. The van der Waals surface area contributed by atoms with Gasteiger partial charge in [-0.25, -0.2) is 0 Å². The van der Waals surface area contributed by atoms with E-state index in [4.69, 9.17) is 4.74 Å². The van der Waals surface area contributed by atoms with Crippen LogP contribution in [-0.4, -0.2) is 54.6 Å². The quantitative estimate of drug-likeness (QED) is 0.791. The molecule has 0 amide bonds. The second-order valence-electron chi connectivity index (χ2n) is 5.38. The van der Waals surface area contributed by atoms with Gasteiger partial charge in [-0.3, -0.25) is 0 Å². The highest BCUT2D eigenvalue weighted by Crippen LogP contribution is 2.21. The molecular formula is C13H21N5O. The monoisotopic (exact) mass is 263 g/mol. The summed E-state index contributed by atoms with van der Waals surface area (Å²) in [6.07, 6.45) is 4.18. The molecule has 104 valence electrons. The molecule has 2 aliphatic heterocycles. The van der Waals surface area contributed by atoms with Gasteiger partial charge < -0.3 is 14.5 Å². The van der Waals surface area contributed by atoms with Gasteiger partial charge in [0.2, 0.25) is 5.95 Å². The van der Waals surface area contributed by atoms with Crippen molar-refractivity contribution < 1.29 is 4.74 Å². The maximum Gasteiger partial charge on any atom is 0.247 e. The summed E-state index contributed by atoms with van der Waals surface area (Å²) in [5.74, 6) is 2.51. The van der Waals surface area contributed by atoms with Crippen molar-refractivity contribution in [3.63, 3.8) is 0 Å². The van der Waals surface area contributed by atoms with E-state index in [1.165, 1.54) is 12.8 Å². The molecule has 3 rings (SSSR count). The van der Waals surface area contributed by atoms with E-state index in [0.717, 1.165) is 57.1 Å². The maximum absolute atomic E-state index is 5.36. The van der Waals surface area contributed by atoms with Gasteiger partial charge in [0.1, 0.15) is 0 Å². The van der Waals surface area contributed by atoms with Gasteiger partial charge in [0.25, 0.3) is 0 Å². The lowest BCUT2D eigenvalue weighted by Crippen LogP contribution is -2.38. The van der Waals surface area contributed by atoms with Gasteiger partial charge in [0.15, 0.2) is 5.82 Å². The number of morpholine rings is 1. The minimum atomic E-state index is 0.764. The highest BCUT2D eigenvalue weighted by Gasteiger charge is 2.20. The normalized spacial score (nSPS) is 21.7. The average Bonchev–Trinajstić information content (AvgIpc) is 2.49. The molecule has 0 N–H and O–H groups in total. The highest BCUT2D eigenvalue weighted by molar-refractivity contribution is 5.42. The predicted molar refractivity (Wildman–Crippen MR) is 73.5 cm³/mol. The Morgan fingerprint density at radius 1 is 1.11 bits per heavy atom. The molecule has 0 unspecified atom stereocenters. The zero-order valence-corrected chi connectivity index (χ0v) is 11.5. The first-order valence-corrected chi connectivity index (χ1v) is 7.10. The first-order chi connectivity index (χ1) is 9.33. The number of rotatable bonds is 2. The first-order valence-electron chi connectivity index (χ1n) is 7.10. The second-order valence-corrected chi connectivity index (χ2v) is 5.38. The summed E-state index contributed by atoms with van der Waals surface area (Å²) < 4.78 is 5.36. The van der Waals surface area contributed by atoms with Crippen molar-refractivity contribution in [1.29, 1.82) is 0 Å². The van der Waals surface area contributed by atoms with Gasteiger partial charge in [-0.1, -0.05) is 6.92 Å². The lowest BCUT2D eigenvalue weighted by molar-refractivity contribution is 0.122. The van der Waals surface area contributed by atoms with Gasteiger partial charge in [-0.15, -0.1) is 5.10 Å². The van der Waals surface area contributed by atoms with Gasteiger partial charge in [-0.05, 0) is 18.8 Å². The Morgan fingerprint density at radius 3 is 2.58 bits per heavy atom. The van der Waals surface area contributed by atoms with E-state index in [2.05, 4.69) is 31.9 Å². The molecule has 0 radical (unpaired) electrons. The third-order valence-electron chi connectivity index (χ3n) is 3.94. The maximum atomic E-state index is 5.36. The fourth-order valence-electron chi connectivity index (χ4n) is 2.57. The SMILES string of the molecule is CC1CCN(c2nncc(N3CCOCC3)n2)CC1. The molecule has 3 heterocycles. The molecule has 0 aromatic carbocycles. The molecule has 0 aliphatic carbocycles. The van der Waals surface area contributed by atoms with E-state index < -0.39 is 0 Å². The lowest BCUT2D eigenvalue weighted by atomic mass is 10.00. The predicted octanol–water partition coefficient (Wildman–Crippen LogP) is 0.944. The number of ether oxygens (including phenoxy) is 1. The first kappa shape index (κ1) is 12.6. The van der Waals surface area contributed by atoms with Crippen molar-refractivity contribution in [1.82, 2.24) is 15.2 Å². The van der Waals surface area contributed by atoms with Crippen LogP contribution in [0.5, 0.6) is 0 Å². The van der Waals surface area contributed by atoms with Gasteiger partial charge in [0.05, 0.1) is 19.4 Å². The zero-order valence-electron chi connectivity index (χ0n) is 11.5.